The molecule has 0 atom stereocenters. The van der Waals surface area contributed by atoms with E-state index < -0.39 is 0 Å². The van der Waals surface area contributed by atoms with Gasteiger partial charge in [0.05, 0.1) is 0 Å². The molecule has 2 heteroatoms. The van der Waals surface area contributed by atoms with Gasteiger partial charge in [-0.15, -0.1) is 5.92 Å². The van der Waals surface area contributed by atoms with Crippen molar-refractivity contribution >= 4 is 5.91 Å². The van der Waals surface area contributed by atoms with Crippen LogP contribution in [0, 0.1) is 11.8 Å². The number of hydrogen-bond acceptors (Lipinski definition) is 1. The molecule has 2 nitrogen and oxygen atoms in total. The molecule has 0 saturated carbocycles. The molecular weight excluding hydrogens is 198 g/mol. The Labute approximate surface area is 97.3 Å². The molecule has 0 unspecified atom stereocenters. The number of nitrogens with zero attached hydrogens (tertiary/aromatic N) is 1. The first-order valence-electron chi connectivity index (χ1n) is 5.53. The van der Waals surface area contributed by atoms with E-state index in [2.05, 4.69) is 11.8 Å². The molecular formula is C14H17NO. The summed E-state index contributed by atoms with van der Waals surface area (Å²) >= 11 is 0. The highest BCUT2D eigenvalue weighted by Gasteiger charge is 2.23. The van der Waals surface area contributed by atoms with Crippen LogP contribution in [0.3, 0.4) is 0 Å². The van der Waals surface area contributed by atoms with Gasteiger partial charge < -0.3 is 4.90 Å². The molecule has 0 aromatic heterocycles. The zero-order chi connectivity index (χ0) is 12.1. The molecule has 1 aliphatic heterocycles. The van der Waals surface area contributed by atoms with Gasteiger partial charge in [-0.2, -0.15) is 0 Å². The molecule has 16 heavy (non-hydrogen) atoms. The highest BCUT2D eigenvalue weighted by Crippen LogP contribution is 2.21. The van der Waals surface area contributed by atoms with Gasteiger partial charge in [-0.3, -0.25) is 4.79 Å². The summed E-state index contributed by atoms with van der Waals surface area (Å²) in [5.74, 6) is 5.94. The smallest absolute Gasteiger partial charge is 0.254 e. The van der Waals surface area contributed by atoms with E-state index in [1.54, 1.807) is 4.90 Å². The summed E-state index contributed by atoms with van der Waals surface area (Å²) in [4.78, 5) is 13.3. The highest BCUT2D eigenvalue weighted by atomic mass is 16.2. The Hall–Kier alpha value is -1.75. The SMILES string of the molecule is CC.CC#Cc1ccc2c(c1)CN(C)C2=O. The van der Waals surface area contributed by atoms with Gasteiger partial charge >= 0.3 is 0 Å². The number of carbonyl (C=O) groups is 1. The molecule has 1 amide bonds. The van der Waals surface area contributed by atoms with Crippen LogP contribution in [0.25, 0.3) is 0 Å². The van der Waals surface area contributed by atoms with Gasteiger partial charge in [0.25, 0.3) is 5.91 Å². The molecule has 0 aliphatic carbocycles. The number of carbonyl (C=O) groups excluding carboxylic acids is 1. The second kappa shape index (κ2) is 5.37. The van der Waals surface area contributed by atoms with Crippen molar-refractivity contribution in [3.8, 4) is 11.8 Å². The Morgan fingerprint density at radius 3 is 2.62 bits per heavy atom. The monoisotopic (exact) mass is 215 g/mol. The number of fused-ring (bicyclic) bond motifs is 1. The molecule has 1 aromatic rings. The Morgan fingerprint density at radius 1 is 1.31 bits per heavy atom. The predicted octanol–water partition coefficient (Wildman–Crippen LogP) is 2.67. The van der Waals surface area contributed by atoms with Crippen molar-refractivity contribution in [3.63, 3.8) is 0 Å². The molecule has 0 radical (unpaired) electrons. The second-order valence-electron chi connectivity index (χ2n) is 3.41. The summed E-state index contributed by atoms with van der Waals surface area (Å²) in [5, 5.41) is 0. The lowest BCUT2D eigenvalue weighted by molar-refractivity contribution is 0.0816. The minimum absolute atomic E-state index is 0.107. The van der Waals surface area contributed by atoms with E-state index >= 15 is 0 Å². The largest absolute Gasteiger partial charge is 0.337 e. The first-order chi connectivity index (χ1) is 7.72. The molecule has 84 valence electrons. The maximum atomic E-state index is 11.6. The molecule has 0 fully saturated rings. The minimum Gasteiger partial charge on any atom is -0.337 e. The minimum atomic E-state index is 0.107. The van der Waals surface area contributed by atoms with E-state index in [1.807, 2.05) is 46.0 Å². The average molecular weight is 215 g/mol. The summed E-state index contributed by atoms with van der Waals surface area (Å²) in [6, 6.07) is 5.75. The lowest BCUT2D eigenvalue weighted by Crippen LogP contribution is -2.17. The van der Waals surface area contributed by atoms with Crippen LogP contribution in [0.4, 0.5) is 0 Å². The van der Waals surface area contributed by atoms with Crippen LogP contribution in [-0.4, -0.2) is 17.9 Å². The third-order valence-corrected chi connectivity index (χ3v) is 2.36. The fraction of sp³-hybridized carbons (Fsp3) is 0.357. The third-order valence-electron chi connectivity index (χ3n) is 2.36. The van der Waals surface area contributed by atoms with Crippen molar-refractivity contribution in [1.29, 1.82) is 0 Å². The molecule has 0 spiro atoms. The number of hydrogen-bond donors (Lipinski definition) is 0. The van der Waals surface area contributed by atoms with Crippen molar-refractivity contribution in [3.05, 3.63) is 34.9 Å². The van der Waals surface area contributed by atoms with Gasteiger partial charge in [-0.05, 0) is 30.7 Å². The van der Waals surface area contributed by atoms with Crippen LogP contribution in [0.5, 0.6) is 0 Å². The van der Waals surface area contributed by atoms with Crippen LogP contribution in [0.2, 0.25) is 0 Å². The summed E-state index contributed by atoms with van der Waals surface area (Å²) in [6.07, 6.45) is 0. The number of benzene rings is 1. The van der Waals surface area contributed by atoms with Crippen LogP contribution >= 0.6 is 0 Å². The topological polar surface area (TPSA) is 20.3 Å². The normalized spacial score (nSPS) is 12.2. The molecule has 0 bridgehead atoms. The first-order valence-corrected chi connectivity index (χ1v) is 5.53. The molecule has 2 rings (SSSR count). The maximum Gasteiger partial charge on any atom is 0.254 e. The standard InChI is InChI=1S/C12H11NO.C2H6/c1-3-4-9-5-6-11-10(7-9)8-13(2)12(11)14;1-2/h5-7H,8H2,1-2H3;1-2H3. The highest BCUT2D eigenvalue weighted by molar-refractivity contribution is 5.98. The predicted molar refractivity (Wildman–Crippen MR) is 66.1 cm³/mol. The number of amides is 1. The van der Waals surface area contributed by atoms with Crippen LogP contribution < -0.4 is 0 Å². The van der Waals surface area contributed by atoms with E-state index in [1.165, 1.54) is 0 Å². The van der Waals surface area contributed by atoms with Gasteiger partial charge in [-0.1, -0.05) is 19.8 Å². The quantitative estimate of drug-likeness (QED) is 0.609. The second-order valence-corrected chi connectivity index (χ2v) is 3.41. The zero-order valence-corrected chi connectivity index (χ0v) is 10.3. The number of rotatable bonds is 0. The van der Waals surface area contributed by atoms with Gasteiger partial charge in [0.1, 0.15) is 0 Å². The Morgan fingerprint density at radius 2 is 2.00 bits per heavy atom. The summed E-state index contributed by atoms with van der Waals surface area (Å²) in [6.45, 7) is 6.51. The van der Waals surface area contributed by atoms with E-state index in [-0.39, 0.29) is 5.91 Å². The van der Waals surface area contributed by atoms with Gasteiger partial charge in [0.15, 0.2) is 0 Å². The average Bonchev–Trinajstić information content (AvgIpc) is 2.58. The molecule has 1 aromatic carbocycles. The van der Waals surface area contributed by atoms with Crippen molar-refractivity contribution < 1.29 is 4.79 Å². The van der Waals surface area contributed by atoms with Gasteiger partial charge in [-0.25, -0.2) is 0 Å². The lowest BCUT2D eigenvalue weighted by Gasteiger charge is -2.04. The fourth-order valence-electron chi connectivity index (χ4n) is 1.69. The Bertz CT molecular complexity index is 452. The summed E-state index contributed by atoms with van der Waals surface area (Å²) < 4.78 is 0. The molecule has 1 aliphatic rings. The van der Waals surface area contributed by atoms with E-state index in [0.29, 0.717) is 6.54 Å². The van der Waals surface area contributed by atoms with Crippen LogP contribution in [0.15, 0.2) is 18.2 Å². The summed E-state index contributed by atoms with van der Waals surface area (Å²) in [7, 11) is 1.81. The van der Waals surface area contributed by atoms with E-state index in [4.69, 9.17) is 0 Å². The Balaban J connectivity index is 0.000000606. The summed E-state index contributed by atoms with van der Waals surface area (Å²) in [5.41, 5.74) is 2.88. The maximum absolute atomic E-state index is 11.6. The lowest BCUT2D eigenvalue weighted by atomic mass is 10.1. The Kier molecular flexibility index (Phi) is 4.13. The molecule has 0 saturated heterocycles. The van der Waals surface area contributed by atoms with Gasteiger partial charge in [0, 0.05) is 24.7 Å². The van der Waals surface area contributed by atoms with Crippen LogP contribution in [0.1, 0.15) is 42.3 Å². The zero-order valence-electron chi connectivity index (χ0n) is 10.3. The van der Waals surface area contributed by atoms with Crippen molar-refractivity contribution in [1.82, 2.24) is 4.90 Å². The van der Waals surface area contributed by atoms with E-state index in [9.17, 15) is 4.79 Å². The van der Waals surface area contributed by atoms with Gasteiger partial charge in [0.2, 0.25) is 0 Å². The van der Waals surface area contributed by atoms with E-state index in [0.717, 1.165) is 16.7 Å². The van der Waals surface area contributed by atoms with Crippen molar-refractivity contribution in [2.75, 3.05) is 7.05 Å². The van der Waals surface area contributed by atoms with Crippen LogP contribution in [-0.2, 0) is 6.54 Å². The first kappa shape index (κ1) is 12.3. The van der Waals surface area contributed by atoms with Crippen molar-refractivity contribution in [2.45, 2.75) is 27.3 Å². The molecule has 0 N–H and O–H groups in total. The fourth-order valence-corrected chi connectivity index (χ4v) is 1.69. The third kappa shape index (κ3) is 2.25. The van der Waals surface area contributed by atoms with Crippen molar-refractivity contribution in [2.24, 2.45) is 0 Å². The molecule has 1 heterocycles.